The summed E-state index contributed by atoms with van der Waals surface area (Å²) in [6, 6.07) is 0. The molecule has 0 saturated heterocycles. The molecule has 0 aromatic carbocycles. The van der Waals surface area contributed by atoms with Crippen LogP contribution in [0.4, 0.5) is 13.2 Å². The summed E-state index contributed by atoms with van der Waals surface area (Å²) in [4.78, 5) is 0. The minimum absolute atomic E-state index is 0.105. The normalized spacial score (nSPS) is 33.6. The first-order chi connectivity index (χ1) is 4.54. The van der Waals surface area contributed by atoms with Gasteiger partial charge in [-0.1, -0.05) is 0 Å². The SMILES string of the molecule is OCC1CC(C(F)(F)F)C1. The summed E-state index contributed by atoms with van der Waals surface area (Å²) >= 11 is 0. The van der Waals surface area contributed by atoms with Gasteiger partial charge < -0.3 is 5.11 Å². The largest absolute Gasteiger partial charge is 0.396 e. The van der Waals surface area contributed by atoms with Crippen LogP contribution in [0.1, 0.15) is 12.8 Å². The van der Waals surface area contributed by atoms with Crippen molar-refractivity contribution in [1.82, 2.24) is 0 Å². The van der Waals surface area contributed by atoms with Gasteiger partial charge in [0.05, 0.1) is 5.92 Å². The molecule has 0 aromatic rings. The molecule has 0 amide bonds. The number of hydrogen-bond acceptors (Lipinski definition) is 1. The number of alkyl halides is 3. The molecule has 0 unspecified atom stereocenters. The molecule has 0 radical (unpaired) electrons. The molecule has 0 atom stereocenters. The first-order valence-electron chi connectivity index (χ1n) is 3.21. The van der Waals surface area contributed by atoms with Gasteiger partial charge in [-0.05, 0) is 18.8 Å². The van der Waals surface area contributed by atoms with Gasteiger partial charge in [0.2, 0.25) is 0 Å². The highest BCUT2D eigenvalue weighted by atomic mass is 19.4. The van der Waals surface area contributed by atoms with E-state index in [-0.39, 0.29) is 25.4 Å². The van der Waals surface area contributed by atoms with E-state index in [1.54, 1.807) is 0 Å². The molecule has 10 heavy (non-hydrogen) atoms. The fourth-order valence-corrected chi connectivity index (χ4v) is 1.15. The van der Waals surface area contributed by atoms with Crippen LogP contribution >= 0.6 is 0 Å². The van der Waals surface area contributed by atoms with Gasteiger partial charge in [0.25, 0.3) is 0 Å². The number of aliphatic hydroxyl groups is 1. The van der Waals surface area contributed by atoms with Crippen LogP contribution in [0, 0.1) is 11.8 Å². The summed E-state index contributed by atoms with van der Waals surface area (Å²) in [6.45, 7) is -0.105. The predicted molar refractivity (Wildman–Crippen MR) is 29.4 cm³/mol. The summed E-state index contributed by atoms with van der Waals surface area (Å²) in [7, 11) is 0. The van der Waals surface area contributed by atoms with Gasteiger partial charge in [-0.2, -0.15) is 13.2 Å². The van der Waals surface area contributed by atoms with Crippen molar-refractivity contribution in [1.29, 1.82) is 0 Å². The Balaban J connectivity index is 2.26. The molecular formula is C6H9F3O. The molecule has 0 bridgehead atoms. The molecule has 1 aliphatic rings. The summed E-state index contributed by atoms with van der Waals surface area (Å²) in [6.07, 6.45) is -3.81. The van der Waals surface area contributed by atoms with Gasteiger partial charge in [-0.25, -0.2) is 0 Å². The Bertz CT molecular complexity index is 115. The van der Waals surface area contributed by atoms with Crippen LogP contribution in [-0.4, -0.2) is 17.9 Å². The first kappa shape index (κ1) is 7.85. The second kappa shape index (κ2) is 2.42. The molecule has 4 heteroatoms. The zero-order chi connectivity index (χ0) is 7.78. The van der Waals surface area contributed by atoms with Gasteiger partial charge >= 0.3 is 6.18 Å². The van der Waals surface area contributed by atoms with E-state index >= 15 is 0 Å². The lowest BCUT2D eigenvalue weighted by atomic mass is 9.75. The Morgan fingerprint density at radius 1 is 1.30 bits per heavy atom. The lowest BCUT2D eigenvalue weighted by molar-refractivity contribution is -0.206. The molecule has 0 aromatic heterocycles. The molecule has 0 heterocycles. The van der Waals surface area contributed by atoms with Crippen molar-refractivity contribution in [2.75, 3.05) is 6.61 Å². The summed E-state index contributed by atoms with van der Waals surface area (Å²) < 4.78 is 35.2. The van der Waals surface area contributed by atoms with Crippen molar-refractivity contribution in [3.63, 3.8) is 0 Å². The molecule has 0 aliphatic heterocycles. The molecule has 1 N–H and O–H groups in total. The topological polar surface area (TPSA) is 20.2 Å². The zero-order valence-electron chi connectivity index (χ0n) is 5.36. The highest BCUT2D eigenvalue weighted by molar-refractivity contribution is 4.83. The molecule has 60 valence electrons. The van der Waals surface area contributed by atoms with Crippen molar-refractivity contribution in [3.05, 3.63) is 0 Å². The van der Waals surface area contributed by atoms with Crippen LogP contribution in [0.15, 0.2) is 0 Å². The minimum Gasteiger partial charge on any atom is -0.396 e. The smallest absolute Gasteiger partial charge is 0.391 e. The van der Waals surface area contributed by atoms with Crippen LogP contribution in [0.2, 0.25) is 0 Å². The fraction of sp³-hybridized carbons (Fsp3) is 1.00. The van der Waals surface area contributed by atoms with Crippen molar-refractivity contribution in [2.45, 2.75) is 19.0 Å². The van der Waals surface area contributed by atoms with E-state index in [2.05, 4.69) is 0 Å². The predicted octanol–water partition coefficient (Wildman–Crippen LogP) is 1.57. The maximum Gasteiger partial charge on any atom is 0.391 e. The molecule has 1 saturated carbocycles. The molecule has 1 aliphatic carbocycles. The van der Waals surface area contributed by atoms with Crippen LogP contribution in [0.3, 0.4) is 0 Å². The third-order valence-corrected chi connectivity index (χ3v) is 1.96. The Labute approximate surface area is 56.8 Å². The zero-order valence-corrected chi connectivity index (χ0v) is 5.36. The molecule has 1 fully saturated rings. The Morgan fingerprint density at radius 3 is 2.10 bits per heavy atom. The lowest BCUT2D eigenvalue weighted by Gasteiger charge is -2.35. The van der Waals surface area contributed by atoms with Crippen LogP contribution in [0.25, 0.3) is 0 Å². The molecule has 0 spiro atoms. The van der Waals surface area contributed by atoms with E-state index in [1.807, 2.05) is 0 Å². The Morgan fingerprint density at radius 2 is 1.80 bits per heavy atom. The van der Waals surface area contributed by atoms with Crippen molar-refractivity contribution in [3.8, 4) is 0 Å². The maximum absolute atomic E-state index is 11.7. The highest BCUT2D eigenvalue weighted by Crippen LogP contribution is 2.44. The van der Waals surface area contributed by atoms with Crippen LogP contribution in [-0.2, 0) is 0 Å². The fourth-order valence-electron chi connectivity index (χ4n) is 1.15. The van der Waals surface area contributed by atoms with Crippen LogP contribution < -0.4 is 0 Å². The number of hydrogen-bond donors (Lipinski definition) is 1. The van der Waals surface area contributed by atoms with E-state index < -0.39 is 12.1 Å². The minimum atomic E-state index is -4.04. The maximum atomic E-state index is 11.7. The average Bonchev–Trinajstić information content (AvgIpc) is 1.57. The number of halogens is 3. The monoisotopic (exact) mass is 154 g/mol. The third kappa shape index (κ3) is 1.42. The second-order valence-electron chi connectivity index (χ2n) is 2.76. The second-order valence-corrected chi connectivity index (χ2v) is 2.76. The van der Waals surface area contributed by atoms with Gasteiger partial charge in [0.15, 0.2) is 0 Å². The summed E-state index contributed by atoms with van der Waals surface area (Å²) in [5.41, 5.74) is 0. The van der Waals surface area contributed by atoms with Gasteiger partial charge in [0, 0.05) is 6.61 Å². The molecule has 1 rings (SSSR count). The Kier molecular flexibility index (Phi) is 1.90. The van der Waals surface area contributed by atoms with E-state index in [9.17, 15) is 13.2 Å². The van der Waals surface area contributed by atoms with Gasteiger partial charge in [-0.15, -0.1) is 0 Å². The standard InChI is InChI=1S/C6H9F3O/c7-6(8,9)5-1-4(2-5)3-10/h4-5,10H,1-3H2. The molecular weight excluding hydrogens is 145 g/mol. The summed E-state index contributed by atoms with van der Waals surface area (Å²) in [5.74, 6) is -1.25. The van der Waals surface area contributed by atoms with E-state index in [0.717, 1.165) is 0 Å². The van der Waals surface area contributed by atoms with Crippen molar-refractivity contribution in [2.24, 2.45) is 11.8 Å². The third-order valence-electron chi connectivity index (χ3n) is 1.96. The quantitative estimate of drug-likeness (QED) is 0.607. The van der Waals surface area contributed by atoms with Gasteiger partial charge in [0.1, 0.15) is 0 Å². The molecule has 1 nitrogen and oxygen atoms in total. The average molecular weight is 154 g/mol. The number of rotatable bonds is 1. The van der Waals surface area contributed by atoms with E-state index in [4.69, 9.17) is 5.11 Å². The van der Waals surface area contributed by atoms with Crippen molar-refractivity contribution >= 4 is 0 Å². The lowest BCUT2D eigenvalue weighted by Crippen LogP contribution is -2.37. The first-order valence-corrected chi connectivity index (χ1v) is 3.21. The number of aliphatic hydroxyl groups excluding tert-OH is 1. The highest BCUT2D eigenvalue weighted by Gasteiger charge is 2.47. The summed E-state index contributed by atoms with van der Waals surface area (Å²) in [5, 5.41) is 8.40. The van der Waals surface area contributed by atoms with Crippen LogP contribution in [0.5, 0.6) is 0 Å². The van der Waals surface area contributed by atoms with E-state index in [1.165, 1.54) is 0 Å². The Hall–Kier alpha value is -0.250. The van der Waals surface area contributed by atoms with Gasteiger partial charge in [-0.3, -0.25) is 0 Å². The van der Waals surface area contributed by atoms with Crippen molar-refractivity contribution < 1.29 is 18.3 Å². The van der Waals surface area contributed by atoms with E-state index in [0.29, 0.717) is 0 Å².